The van der Waals surface area contributed by atoms with E-state index in [0.717, 1.165) is 35.5 Å². The molecule has 0 unspecified atom stereocenters. The van der Waals surface area contributed by atoms with E-state index < -0.39 is 0 Å². The summed E-state index contributed by atoms with van der Waals surface area (Å²) < 4.78 is 13.2. The van der Waals surface area contributed by atoms with Crippen LogP contribution in [-0.4, -0.2) is 9.97 Å². The minimum absolute atomic E-state index is 0.250. The van der Waals surface area contributed by atoms with Gasteiger partial charge < -0.3 is 10.7 Å². The van der Waals surface area contributed by atoms with Crippen LogP contribution in [0.25, 0.3) is 0 Å². The molecule has 0 amide bonds. The van der Waals surface area contributed by atoms with Crippen molar-refractivity contribution < 1.29 is 4.39 Å². The van der Waals surface area contributed by atoms with Crippen LogP contribution in [0.4, 0.5) is 21.7 Å². The summed E-state index contributed by atoms with van der Waals surface area (Å²) in [4.78, 5) is 9.03. The minimum Gasteiger partial charge on any atom is -0.340 e. The Morgan fingerprint density at radius 1 is 1.19 bits per heavy atom. The largest absolute Gasteiger partial charge is 0.340 e. The third-order valence-electron chi connectivity index (χ3n) is 3.68. The quantitative estimate of drug-likeness (QED) is 0.595. The van der Waals surface area contributed by atoms with Gasteiger partial charge in [0, 0.05) is 17.2 Å². The molecule has 1 aromatic heterocycles. The maximum absolute atomic E-state index is 13.2. The average molecular weight is 287 g/mol. The molecule has 1 fully saturated rings. The number of hydrogen-bond acceptors (Lipinski definition) is 5. The molecule has 2 aromatic rings. The van der Waals surface area contributed by atoms with E-state index in [9.17, 15) is 4.39 Å². The van der Waals surface area contributed by atoms with E-state index in [1.807, 2.05) is 13.8 Å². The number of nitrogen functional groups attached to an aromatic ring is 1. The van der Waals surface area contributed by atoms with Gasteiger partial charge in [0.15, 0.2) is 0 Å². The van der Waals surface area contributed by atoms with Crippen LogP contribution in [0.3, 0.4) is 0 Å². The van der Waals surface area contributed by atoms with Crippen molar-refractivity contribution in [1.29, 1.82) is 0 Å². The summed E-state index contributed by atoms with van der Waals surface area (Å²) in [6.07, 6.45) is 2.23. The lowest BCUT2D eigenvalue weighted by Gasteiger charge is -2.15. The molecule has 6 heteroatoms. The Hall–Kier alpha value is -2.21. The van der Waals surface area contributed by atoms with E-state index in [1.165, 1.54) is 12.1 Å². The molecule has 1 aliphatic carbocycles. The predicted molar refractivity (Wildman–Crippen MR) is 81.0 cm³/mol. The Balaban J connectivity index is 1.98. The van der Waals surface area contributed by atoms with Crippen LogP contribution in [0.1, 0.15) is 35.7 Å². The molecule has 3 rings (SSSR count). The zero-order valence-corrected chi connectivity index (χ0v) is 12.1. The van der Waals surface area contributed by atoms with E-state index >= 15 is 0 Å². The first-order valence-electron chi connectivity index (χ1n) is 6.97. The number of hydrazine groups is 1. The molecule has 4 N–H and O–H groups in total. The Kier molecular flexibility index (Phi) is 3.47. The normalized spacial score (nSPS) is 14.1. The van der Waals surface area contributed by atoms with Crippen molar-refractivity contribution in [2.24, 2.45) is 5.84 Å². The van der Waals surface area contributed by atoms with Crippen LogP contribution >= 0.6 is 0 Å². The van der Waals surface area contributed by atoms with Gasteiger partial charge in [-0.25, -0.2) is 20.2 Å². The second-order valence-corrected chi connectivity index (χ2v) is 5.41. The Labute approximate surface area is 122 Å². The van der Waals surface area contributed by atoms with Gasteiger partial charge >= 0.3 is 0 Å². The summed E-state index contributed by atoms with van der Waals surface area (Å²) in [6, 6.07) is 4.62. The summed E-state index contributed by atoms with van der Waals surface area (Å²) in [7, 11) is 0. The standard InChI is InChI=1S/C15H18FN5/c1-8-7-11(16)5-6-12(8)18-13-9(2)14(21-17)20-15(19-13)10-3-4-10/h5-7,10H,3-4,17H2,1-2H3,(H2,18,19,20,21). The molecule has 0 bridgehead atoms. The molecule has 0 saturated heterocycles. The van der Waals surface area contributed by atoms with Crippen LogP contribution in [-0.2, 0) is 0 Å². The van der Waals surface area contributed by atoms with Crippen LogP contribution in [0.15, 0.2) is 18.2 Å². The first-order chi connectivity index (χ1) is 10.1. The van der Waals surface area contributed by atoms with E-state index in [1.54, 1.807) is 6.07 Å². The van der Waals surface area contributed by atoms with Gasteiger partial charge in [-0.15, -0.1) is 0 Å². The number of aryl methyl sites for hydroxylation is 1. The highest BCUT2D eigenvalue weighted by atomic mass is 19.1. The fourth-order valence-corrected chi connectivity index (χ4v) is 2.22. The molecule has 1 heterocycles. The maximum atomic E-state index is 13.2. The monoisotopic (exact) mass is 287 g/mol. The fraction of sp³-hybridized carbons (Fsp3) is 0.333. The van der Waals surface area contributed by atoms with Crippen molar-refractivity contribution in [2.45, 2.75) is 32.6 Å². The molecular formula is C15H18FN5. The lowest BCUT2D eigenvalue weighted by molar-refractivity contribution is 0.627. The van der Waals surface area contributed by atoms with Crippen molar-refractivity contribution >= 4 is 17.3 Å². The van der Waals surface area contributed by atoms with Crippen molar-refractivity contribution in [3.63, 3.8) is 0 Å². The van der Waals surface area contributed by atoms with Gasteiger partial charge in [-0.3, -0.25) is 0 Å². The van der Waals surface area contributed by atoms with Gasteiger partial charge in [0.1, 0.15) is 23.3 Å². The van der Waals surface area contributed by atoms with Gasteiger partial charge in [0.05, 0.1) is 0 Å². The molecule has 1 aromatic carbocycles. The summed E-state index contributed by atoms with van der Waals surface area (Å²) in [6.45, 7) is 3.75. The highest BCUT2D eigenvalue weighted by molar-refractivity contribution is 5.66. The Morgan fingerprint density at radius 2 is 1.90 bits per heavy atom. The number of halogens is 1. The molecule has 1 aliphatic rings. The second kappa shape index (κ2) is 5.29. The number of benzene rings is 1. The summed E-state index contributed by atoms with van der Waals surface area (Å²) in [5, 5.41) is 3.25. The van der Waals surface area contributed by atoms with Gasteiger partial charge in [0.25, 0.3) is 0 Å². The van der Waals surface area contributed by atoms with Gasteiger partial charge in [-0.1, -0.05) is 0 Å². The van der Waals surface area contributed by atoms with Crippen molar-refractivity contribution in [3.05, 3.63) is 41.0 Å². The number of anilines is 3. The summed E-state index contributed by atoms with van der Waals surface area (Å²) in [5.74, 6) is 7.83. The molecule has 0 atom stereocenters. The van der Waals surface area contributed by atoms with Crippen molar-refractivity contribution in [1.82, 2.24) is 9.97 Å². The molecule has 110 valence electrons. The number of nitrogens with zero attached hydrogens (tertiary/aromatic N) is 2. The first-order valence-corrected chi connectivity index (χ1v) is 6.97. The number of hydrogen-bond donors (Lipinski definition) is 3. The third-order valence-corrected chi connectivity index (χ3v) is 3.68. The van der Waals surface area contributed by atoms with Crippen molar-refractivity contribution in [2.75, 3.05) is 10.7 Å². The van der Waals surface area contributed by atoms with Crippen LogP contribution < -0.4 is 16.6 Å². The van der Waals surface area contributed by atoms with Gasteiger partial charge in [0.2, 0.25) is 0 Å². The topological polar surface area (TPSA) is 75.9 Å². The Bertz CT molecular complexity index is 682. The van der Waals surface area contributed by atoms with E-state index in [0.29, 0.717) is 17.6 Å². The Morgan fingerprint density at radius 3 is 2.52 bits per heavy atom. The minimum atomic E-state index is -0.250. The maximum Gasteiger partial charge on any atom is 0.148 e. The molecule has 0 spiro atoms. The second-order valence-electron chi connectivity index (χ2n) is 5.41. The zero-order valence-electron chi connectivity index (χ0n) is 12.1. The summed E-state index contributed by atoms with van der Waals surface area (Å²) >= 11 is 0. The molecule has 0 radical (unpaired) electrons. The van der Waals surface area contributed by atoms with Crippen molar-refractivity contribution in [3.8, 4) is 0 Å². The highest BCUT2D eigenvalue weighted by Gasteiger charge is 2.28. The number of nitrogens with two attached hydrogens (primary N) is 1. The van der Waals surface area contributed by atoms with Crippen LogP contribution in [0.5, 0.6) is 0 Å². The average Bonchev–Trinajstić information content (AvgIpc) is 3.28. The molecular weight excluding hydrogens is 269 g/mol. The molecule has 5 nitrogen and oxygen atoms in total. The summed E-state index contributed by atoms with van der Waals surface area (Å²) in [5.41, 5.74) is 5.10. The molecule has 21 heavy (non-hydrogen) atoms. The van der Waals surface area contributed by atoms with E-state index in [2.05, 4.69) is 20.7 Å². The van der Waals surface area contributed by atoms with Crippen LogP contribution in [0.2, 0.25) is 0 Å². The number of rotatable bonds is 4. The predicted octanol–water partition coefficient (Wildman–Crippen LogP) is 3.14. The lowest BCUT2D eigenvalue weighted by Crippen LogP contribution is -2.14. The van der Waals surface area contributed by atoms with Gasteiger partial charge in [-0.05, 0) is 50.5 Å². The third kappa shape index (κ3) is 2.80. The number of aromatic nitrogens is 2. The number of nitrogens with one attached hydrogen (secondary N) is 2. The zero-order chi connectivity index (χ0) is 15.0. The molecule has 1 saturated carbocycles. The van der Waals surface area contributed by atoms with Gasteiger partial charge in [-0.2, -0.15) is 0 Å². The first kappa shape index (κ1) is 13.8. The van der Waals surface area contributed by atoms with E-state index in [4.69, 9.17) is 5.84 Å². The molecule has 0 aliphatic heterocycles. The SMILES string of the molecule is Cc1cc(F)ccc1Nc1nc(C2CC2)nc(NN)c1C. The lowest BCUT2D eigenvalue weighted by atomic mass is 10.2. The highest BCUT2D eigenvalue weighted by Crippen LogP contribution is 2.39. The van der Waals surface area contributed by atoms with E-state index in [-0.39, 0.29) is 5.82 Å². The smallest absolute Gasteiger partial charge is 0.148 e. The fourth-order valence-electron chi connectivity index (χ4n) is 2.22. The van der Waals surface area contributed by atoms with Crippen LogP contribution in [0, 0.1) is 19.7 Å².